The maximum Gasteiger partial charge on any atom is 0.0501 e. The van der Waals surface area contributed by atoms with Gasteiger partial charge >= 0.3 is 0 Å². The van der Waals surface area contributed by atoms with Crippen LogP contribution in [0, 0.1) is 19.3 Å². The molecular formula is C14H23NO. The minimum atomic E-state index is -0.0316. The molecule has 0 spiro atoms. The second-order valence-corrected chi connectivity index (χ2v) is 4.99. The van der Waals surface area contributed by atoms with E-state index in [1.54, 1.807) is 0 Å². The lowest BCUT2D eigenvalue weighted by Gasteiger charge is -2.27. The van der Waals surface area contributed by atoms with Crippen molar-refractivity contribution in [2.24, 2.45) is 5.41 Å². The Labute approximate surface area is 98.7 Å². The lowest BCUT2D eigenvalue weighted by molar-refractivity contribution is 0.149. The molecule has 0 aliphatic carbocycles. The predicted molar refractivity (Wildman–Crippen MR) is 69.9 cm³/mol. The van der Waals surface area contributed by atoms with Crippen molar-refractivity contribution >= 4 is 5.69 Å². The van der Waals surface area contributed by atoms with E-state index < -0.39 is 0 Å². The van der Waals surface area contributed by atoms with Gasteiger partial charge in [-0.15, -0.1) is 0 Å². The first kappa shape index (κ1) is 13.0. The number of hydrogen-bond acceptors (Lipinski definition) is 2. The SMILES string of the molecule is CCC(C)(CO)CNc1cc(C)ccc1C. The summed E-state index contributed by atoms with van der Waals surface area (Å²) >= 11 is 0. The molecule has 16 heavy (non-hydrogen) atoms. The van der Waals surface area contributed by atoms with Gasteiger partial charge in [0.1, 0.15) is 0 Å². The predicted octanol–water partition coefficient (Wildman–Crippen LogP) is 3.12. The van der Waals surface area contributed by atoms with Crippen LogP contribution < -0.4 is 5.32 Å². The maximum atomic E-state index is 9.35. The van der Waals surface area contributed by atoms with Gasteiger partial charge in [-0.3, -0.25) is 0 Å². The van der Waals surface area contributed by atoms with Crippen LogP contribution in [0.4, 0.5) is 5.69 Å². The summed E-state index contributed by atoms with van der Waals surface area (Å²) in [5.74, 6) is 0. The van der Waals surface area contributed by atoms with Crippen LogP contribution in [-0.4, -0.2) is 18.3 Å². The Morgan fingerprint density at radius 3 is 2.56 bits per heavy atom. The van der Waals surface area contributed by atoms with Gasteiger partial charge in [-0.25, -0.2) is 0 Å². The molecule has 1 aromatic carbocycles. The van der Waals surface area contributed by atoms with Gasteiger partial charge in [0.15, 0.2) is 0 Å². The quantitative estimate of drug-likeness (QED) is 0.800. The maximum absolute atomic E-state index is 9.35. The molecule has 1 unspecified atom stereocenters. The van der Waals surface area contributed by atoms with Gasteiger partial charge in [-0.05, 0) is 37.5 Å². The van der Waals surface area contributed by atoms with Gasteiger partial charge in [0.2, 0.25) is 0 Å². The Balaban J connectivity index is 2.70. The molecule has 2 nitrogen and oxygen atoms in total. The van der Waals surface area contributed by atoms with Crippen molar-refractivity contribution in [1.82, 2.24) is 0 Å². The van der Waals surface area contributed by atoms with Gasteiger partial charge in [0.25, 0.3) is 0 Å². The highest BCUT2D eigenvalue weighted by Gasteiger charge is 2.20. The molecule has 1 rings (SSSR count). The molecule has 0 aliphatic heterocycles. The number of anilines is 1. The Morgan fingerprint density at radius 1 is 1.31 bits per heavy atom. The molecule has 2 heteroatoms. The molecule has 0 saturated heterocycles. The molecule has 90 valence electrons. The fourth-order valence-electron chi connectivity index (χ4n) is 1.53. The van der Waals surface area contributed by atoms with E-state index in [0.717, 1.165) is 13.0 Å². The first-order valence-corrected chi connectivity index (χ1v) is 5.93. The summed E-state index contributed by atoms with van der Waals surface area (Å²) < 4.78 is 0. The number of hydrogen-bond donors (Lipinski definition) is 2. The third-order valence-corrected chi connectivity index (χ3v) is 3.33. The first-order valence-electron chi connectivity index (χ1n) is 5.93. The molecule has 2 N–H and O–H groups in total. The van der Waals surface area contributed by atoms with Crippen LogP contribution in [0.2, 0.25) is 0 Å². The van der Waals surface area contributed by atoms with Crippen molar-refractivity contribution in [2.75, 3.05) is 18.5 Å². The summed E-state index contributed by atoms with van der Waals surface area (Å²) in [7, 11) is 0. The number of aliphatic hydroxyl groups excluding tert-OH is 1. The molecule has 0 saturated carbocycles. The standard InChI is InChI=1S/C14H23NO/c1-5-14(4,10-16)9-15-13-8-11(2)6-7-12(13)3/h6-8,15-16H,5,9-10H2,1-4H3. The van der Waals surface area contributed by atoms with Crippen molar-refractivity contribution in [1.29, 1.82) is 0 Å². The van der Waals surface area contributed by atoms with E-state index in [4.69, 9.17) is 0 Å². The van der Waals surface area contributed by atoms with Crippen molar-refractivity contribution in [3.8, 4) is 0 Å². The third-order valence-electron chi connectivity index (χ3n) is 3.33. The van der Waals surface area contributed by atoms with Crippen molar-refractivity contribution < 1.29 is 5.11 Å². The Hall–Kier alpha value is -1.02. The van der Waals surface area contributed by atoms with E-state index in [1.807, 2.05) is 0 Å². The minimum absolute atomic E-state index is 0.0316. The Kier molecular flexibility index (Phi) is 4.36. The summed E-state index contributed by atoms with van der Waals surface area (Å²) in [6.07, 6.45) is 0.974. The molecule has 1 atom stereocenters. The van der Waals surface area contributed by atoms with Crippen LogP contribution in [0.25, 0.3) is 0 Å². The normalized spacial score (nSPS) is 14.6. The molecule has 0 fully saturated rings. The number of nitrogens with one attached hydrogen (secondary N) is 1. The number of aryl methyl sites for hydroxylation is 2. The Bertz CT molecular complexity index is 343. The highest BCUT2D eigenvalue weighted by molar-refractivity contribution is 5.52. The van der Waals surface area contributed by atoms with Crippen LogP contribution in [0.3, 0.4) is 0 Å². The summed E-state index contributed by atoms with van der Waals surface area (Å²) in [4.78, 5) is 0. The molecule has 0 heterocycles. The number of rotatable bonds is 5. The second-order valence-electron chi connectivity index (χ2n) is 4.99. The fourth-order valence-corrected chi connectivity index (χ4v) is 1.53. The smallest absolute Gasteiger partial charge is 0.0501 e. The lowest BCUT2D eigenvalue weighted by atomic mass is 9.88. The van der Waals surface area contributed by atoms with Gasteiger partial charge in [0.05, 0.1) is 6.61 Å². The molecular weight excluding hydrogens is 198 g/mol. The van der Waals surface area contributed by atoms with Crippen molar-refractivity contribution in [3.05, 3.63) is 29.3 Å². The highest BCUT2D eigenvalue weighted by atomic mass is 16.3. The zero-order valence-corrected chi connectivity index (χ0v) is 10.8. The monoisotopic (exact) mass is 221 g/mol. The zero-order valence-electron chi connectivity index (χ0n) is 10.8. The lowest BCUT2D eigenvalue weighted by Crippen LogP contribution is -2.29. The largest absolute Gasteiger partial charge is 0.396 e. The molecule has 0 amide bonds. The van der Waals surface area contributed by atoms with Gasteiger partial charge in [-0.2, -0.15) is 0 Å². The van der Waals surface area contributed by atoms with E-state index >= 15 is 0 Å². The zero-order chi connectivity index (χ0) is 12.2. The molecule has 1 aromatic rings. The van der Waals surface area contributed by atoms with E-state index in [0.29, 0.717) is 0 Å². The van der Waals surface area contributed by atoms with Gasteiger partial charge < -0.3 is 10.4 Å². The van der Waals surface area contributed by atoms with Crippen LogP contribution in [0.1, 0.15) is 31.4 Å². The van der Waals surface area contributed by atoms with Crippen molar-refractivity contribution in [3.63, 3.8) is 0 Å². The van der Waals surface area contributed by atoms with Gasteiger partial charge in [0, 0.05) is 17.6 Å². The van der Waals surface area contributed by atoms with Crippen molar-refractivity contribution in [2.45, 2.75) is 34.1 Å². The second kappa shape index (κ2) is 5.35. The molecule has 0 aliphatic rings. The number of benzene rings is 1. The molecule has 0 radical (unpaired) electrons. The minimum Gasteiger partial charge on any atom is -0.396 e. The fraction of sp³-hybridized carbons (Fsp3) is 0.571. The van der Waals surface area contributed by atoms with Crippen LogP contribution in [-0.2, 0) is 0 Å². The van der Waals surface area contributed by atoms with Crippen LogP contribution in [0.5, 0.6) is 0 Å². The van der Waals surface area contributed by atoms with E-state index in [2.05, 4.69) is 51.2 Å². The molecule has 0 bridgehead atoms. The first-order chi connectivity index (χ1) is 7.50. The average molecular weight is 221 g/mol. The Morgan fingerprint density at radius 2 is 2.00 bits per heavy atom. The van der Waals surface area contributed by atoms with Gasteiger partial charge in [-0.1, -0.05) is 26.0 Å². The highest BCUT2D eigenvalue weighted by Crippen LogP contribution is 2.23. The summed E-state index contributed by atoms with van der Waals surface area (Å²) in [6.45, 7) is 9.44. The summed E-state index contributed by atoms with van der Waals surface area (Å²) in [5.41, 5.74) is 3.65. The molecule has 0 aromatic heterocycles. The average Bonchev–Trinajstić information content (AvgIpc) is 2.30. The van der Waals surface area contributed by atoms with E-state index in [9.17, 15) is 5.11 Å². The van der Waals surface area contributed by atoms with E-state index in [-0.39, 0.29) is 12.0 Å². The third kappa shape index (κ3) is 3.24. The summed E-state index contributed by atoms with van der Waals surface area (Å²) in [5, 5.41) is 12.8. The topological polar surface area (TPSA) is 32.3 Å². The van der Waals surface area contributed by atoms with Crippen LogP contribution in [0.15, 0.2) is 18.2 Å². The van der Waals surface area contributed by atoms with Crippen LogP contribution >= 0.6 is 0 Å². The van der Waals surface area contributed by atoms with E-state index in [1.165, 1.54) is 16.8 Å². The number of aliphatic hydroxyl groups is 1. The summed E-state index contributed by atoms with van der Waals surface area (Å²) in [6, 6.07) is 6.40.